The van der Waals surface area contributed by atoms with Gasteiger partial charge < -0.3 is 0 Å². The molecule has 12 aromatic heterocycles. The first kappa shape index (κ1) is 90.1. The molecule has 12 heterocycles. The first-order valence-electron chi connectivity index (χ1n) is 49.2. The van der Waals surface area contributed by atoms with E-state index in [2.05, 4.69) is 435 Å². The van der Waals surface area contributed by atoms with Crippen molar-refractivity contribution in [1.29, 1.82) is 0 Å². The number of aryl methyl sites for hydroxylation is 6. The van der Waals surface area contributed by atoms with Crippen LogP contribution in [0.2, 0.25) is 0 Å². The van der Waals surface area contributed by atoms with Crippen LogP contribution in [0.25, 0.3) is 267 Å². The van der Waals surface area contributed by atoms with Crippen molar-refractivity contribution < 1.29 is 0 Å². The average molecular weight is 2030 g/mol. The van der Waals surface area contributed by atoms with E-state index >= 15 is 0 Å². The number of fused-ring (bicyclic) bond motifs is 22. The van der Waals surface area contributed by atoms with Crippen LogP contribution in [0.5, 0.6) is 0 Å². The summed E-state index contributed by atoms with van der Waals surface area (Å²) in [6.07, 6.45) is 14.2. The Morgan fingerprint density at radius 2 is 0.531 bits per heavy atom. The second-order valence-electron chi connectivity index (χ2n) is 38.3. The zero-order valence-electron chi connectivity index (χ0n) is 81.3. The minimum atomic E-state index is 0.0235. The highest BCUT2D eigenvalue weighted by molar-refractivity contribution is 7.30. The van der Waals surface area contributed by atoms with E-state index in [1.54, 1.807) is 94.9 Å². The van der Waals surface area contributed by atoms with Crippen LogP contribution in [-0.4, -0.2) is 39.9 Å². The van der Waals surface area contributed by atoms with Crippen molar-refractivity contribution in [2.24, 2.45) is 0 Å². The summed E-state index contributed by atoms with van der Waals surface area (Å²) in [7, 11) is 0. The third kappa shape index (κ3) is 15.4. The van der Waals surface area contributed by atoms with Crippen LogP contribution in [0.1, 0.15) is 54.2 Å². The standard InChI is InChI=1S/C27H16N2S.C25H16N2S.C23H14N2S.C22H18N2S.2C17H12S2/c1-15-25-26(29-14-13-28-25)27(30-15)22-12-11-21-18-8-3-6-16-5-2-7-17(23(16)18)19-9-4-10-20(22)24(19)21;1-15-23-24(27-13-12-26-23)25(28-15)16-10-11-21-19-8-3-2-6-17(19)18-7-4-5-9-20(18)22(21)14-16;1-13-21-22(25-12-11-24-21)23(26-13)19-10-9-18-15-6-3-2-5-14(15)16-7-4-8-17(19)20(16)18;1-13-19-20(24-11-10-23-19)21(25-13)14-8-9-16-15-6-4-5-7-17(15)22(2,3)18(16)12-14;1-11-9-16-17(18-11)10-15(19-16)14-8-4-6-12-5-2-3-7-13(12)14;1-11-8-16-17(18-11)10-15(19-16)14-7-6-12-4-2-3-5-13(12)9-14/h2-14H,1H3;2-14H,1H3;2-12H,1H3;4-12H,1-3H3;2*2-10H,1H3. The van der Waals surface area contributed by atoms with Gasteiger partial charge in [-0.1, -0.05) is 311 Å². The van der Waals surface area contributed by atoms with Crippen LogP contribution in [-0.2, 0) is 5.41 Å². The molecule has 147 heavy (non-hydrogen) atoms. The predicted molar refractivity (Wildman–Crippen MR) is 638 cm³/mol. The van der Waals surface area contributed by atoms with E-state index in [1.165, 1.54) is 263 Å². The van der Waals surface area contributed by atoms with Gasteiger partial charge in [0.05, 0.1) is 19.5 Å². The maximum atomic E-state index is 4.68. The van der Waals surface area contributed by atoms with Crippen molar-refractivity contribution in [3.05, 3.63) is 430 Å². The zero-order valence-corrected chi connectivity index (χ0v) is 87.8. The second kappa shape index (κ2) is 36.5. The zero-order chi connectivity index (χ0) is 98.6. The number of nitrogens with zero attached hydrogens (tertiary/aromatic N) is 8. The fourth-order valence-electron chi connectivity index (χ4n) is 22.5. The number of thiophene rings is 8. The van der Waals surface area contributed by atoms with Gasteiger partial charge in [-0.25, -0.2) is 0 Å². The fraction of sp³-hybridized carbons (Fsp3) is 0.0687. The van der Waals surface area contributed by atoms with Gasteiger partial charge >= 0.3 is 0 Å². The van der Waals surface area contributed by atoms with Crippen molar-refractivity contribution >= 4 is 261 Å². The minimum Gasteiger partial charge on any atom is -0.252 e. The highest BCUT2D eigenvalue weighted by Crippen LogP contribution is 2.55. The molecular formula is C131H88N8S8. The van der Waals surface area contributed by atoms with E-state index in [-0.39, 0.29) is 5.41 Å². The van der Waals surface area contributed by atoms with Crippen LogP contribution in [0.3, 0.4) is 0 Å². The molecule has 16 heteroatoms. The molecule has 2 aliphatic rings. The smallest absolute Gasteiger partial charge is 0.108 e. The van der Waals surface area contributed by atoms with E-state index in [4.69, 9.17) is 0 Å². The van der Waals surface area contributed by atoms with E-state index in [9.17, 15) is 0 Å². The highest BCUT2D eigenvalue weighted by atomic mass is 32.1. The molecule has 8 nitrogen and oxygen atoms in total. The molecule has 18 aromatic carbocycles. The van der Waals surface area contributed by atoms with Crippen LogP contribution >= 0.6 is 90.7 Å². The Bertz CT molecular complexity index is 10400. The molecule has 0 N–H and O–H groups in total. The Labute approximate surface area is 879 Å². The molecule has 32 rings (SSSR count). The molecule has 0 fully saturated rings. The van der Waals surface area contributed by atoms with E-state index < -0.39 is 0 Å². The molecule has 0 saturated heterocycles. The van der Waals surface area contributed by atoms with Crippen molar-refractivity contribution in [2.75, 3.05) is 0 Å². The lowest BCUT2D eigenvalue weighted by Gasteiger charge is -2.21. The third-order valence-corrected chi connectivity index (χ3v) is 38.2. The van der Waals surface area contributed by atoms with Gasteiger partial charge in [0, 0.05) is 124 Å². The Morgan fingerprint density at radius 3 is 1.12 bits per heavy atom. The van der Waals surface area contributed by atoms with E-state index in [1.807, 2.05) is 45.3 Å². The van der Waals surface area contributed by atoms with Crippen LogP contribution in [0.4, 0.5) is 0 Å². The molecule has 0 radical (unpaired) electrons. The molecule has 30 aromatic rings. The average Bonchev–Trinajstić information content (AvgIpc) is 1.35. The summed E-state index contributed by atoms with van der Waals surface area (Å²) in [6, 6.07) is 124. The largest absolute Gasteiger partial charge is 0.252 e. The summed E-state index contributed by atoms with van der Waals surface area (Å²) in [5.74, 6) is 0. The Morgan fingerprint density at radius 1 is 0.184 bits per heavy atom. The first-order valence-corrected chi connectivity index (χ1v) is 55.8. The maximum Gasteiger partial charge on any atom is 0.108 e. The lowest BCUT2D eigenvalue weighted by atomic mass is 9.82. The second-order valence-corrected chi connectivity index (χ2v) is 47.9. The first-order chi connectivity index (χ1) is 72.1. The molecule has 0 saturated carbocycles. The van der Waals surface area contributed by atoms with Crippen molar-refractivity contribution in [2.45, 2.75) is 60.8 Å². The summed E-state index contributed by atoms with van der Waals surface area (Å²) >= 11 is 14.7. The van der Waals surface area contributed by atoms with Crippen LogP contribution in [0.15, 0.2) is 389 Å². The van der Waals surface area contributed by atoms with Gasteiger partial charge in [0.2, 0.25) is 0 Å². The number of aromatic nitrogens is 8. The summed E-state index contributed by atoms with van der Waals surface area (Å²) in [6.45, 7) is 17.5. The topological polar surface area (TPSA) is 103 Å². The third-order valence-electron chi connectivity index (χ3n) is 29.2. The summed E-state index contributed by atoms with van der Waals surface area (Å²) in [5, 5.41) is 26.3. The number of rotatable bonds is 6. The van der Waals surface area contributed by atoms with Crippen molar-refractivity contribution in [3.63, 3.8) is 0 Å². The van der Waals surface area contributed by atoms with Gasteiger partial charge in [0.25, 0.3) is 0 Å². The molecule has 700 valence electrons. The van der Waals surface area contributed by atoms with Gasteiger partial charge in [0.1, 0.15) is 44.1 Å². The molecule has 0 aliphatic heterocycles. The Balaban J connectivity index is 0.0000000879. The van der Waals surface area contributed by atoms with Crippen molar-refractivity contribution in [1.82, 2.24) is 39.9 Å². The normalized spacial score (nSPS) is 12.3. The molecular weight excluding hydrogens is 1940 g/mol. The molecule has 0 amide bonds. The Hall–Kier alpha value is -15.7. The van der Waals surface area contributed by atoms with Crippen LogP contribution in [0, 0.1) is 41.5 Å². The van der Waals surface area contributed by atoms with Gasteiger partial charge in [-0.15, -0.1) is 90.7 Å². The van der Waals surface area contributed by atoms with Crippen LogP contribution < -0.4 is 0 Å². The van der Waals surface area contributed by atoms with E-state index in [0.29, 0.717) is 0 Å². The highest BCUT2D eigenvalue weighted by Gasteiger charge is 2.36. The predicted octanol–water partition coefficient (Wildman–Crippen LogP) is 39.5. The maximum absolute atomic E-state index is 4.68. The summed E-state index contributed by atoms with van der Waals surface area (Å²) < 4.78 is 5.63. The number of hydrogen-bond donors (Lipinski definition) is 0. The van der Waals surface area contributed by atoms with Gasteiger partial charge in [-0.3, -0.25) is 39.9 Å². The van der Waals surface area contributed by atoms with Gasteiger partial charge in [0.15, 0.2) is 0 Å². The molecule has 0 bridgehead atoms. The summed E-state index contributed by atoms with van der Waals surface area (Å²) in [5.41, 5.74) is 26.5. The van der Waals surface area contributed by atoms with Crippen molar-refractivity contribution in [3.8, 4) is 96.0 Å². The molecule has 0 atom stereocenters. The van der Waals surface area contributed by atoms with Gasteiger partial charge in [-0.05, 0) is 258 Å². The number of hydrogen-bond acceptors (Lipinski definition) is 16. The van der Waals surface area contributed by atoms with E-state index in [0.717, 1.165) is 44.1 Å². The summed E-state index contributed by atoms with van der Waals surface area (Å²) in [4.78, 5) is 51.9. The number of benzene rings is 18. The lowest BCUT2D eigenvalue weighted by Crippen LogP contribution is -2.14. The quantitative estimate of drug-likeness (QED) is 0.120. The minimum absolute atomic E-state index is 0.0235. The SMILES string of the molecule is Cc1cc2sc(-c3ccc4ccccc4c3)cc2s1.Cc1cc2sc(-c3cccc4ccccc34)cc2s1.Cc1sc(-c2ccc3c(c2)C(C)(C)c2ccccc2-3)c2nccnc12.Cc1sc(-c2ccc3c4c(cccc24)-c2ccccc2-3)c2nccnc12.Cc1sc(-c2ccc3c4cccc5cccc(c6cccc2c63)c54)c2nccnc12.Cc1sc(-c2ccc3c4ccccc4c4ccccc4c3c2)c2nccnc12. The Kier molecular flexibility index (Phi) is 22.4. The van der Waals surface area contributed by atoms with Gasteiger partial charge in [-0.2, -0.15) is 0 Å². The molecule has 0 spiro atoms. The monoisotopic (exact) mass is 2030 g/mol. The lowest BCUT2D eigenvalue weighted by molar-refractivity contribution is 0.660. The molecule has 0 unspecified atom stereocenters. The fourth-order valence-corrected chi connectivity index (χ4v) is 31.4. The molecule has 2 aliphatic carbocycles.